The molecule has 0 aromatic rings. The highest BCUT2D eigenvalue weighted by atomic mass is 35.5. The van der Waals surface area contributed by atoms with Gasteiger partial charge in [0.1, 0.15) is 11.5 Å². The van der Waals surface area contributed by atoms with Gasteiger partial charge in [-0.2, -0.15) is 0 Å². The summed E-state index contributed by atoms with van der Waals surface area (Å²) >= 11 is 5.74. The largest absolute Gasteiger partial charge is 0.375 e. The molecule has 1 radical (unpaired) electrons. The average Bonchev–Trinajstić information content (AvgIpc) is 1.89. The number of halogens is 1. The molecular weight excluding hydrogens is 136 g/mol. The highest BCUT2D eigenvalue weighted by molar-refractivity contribution is 6.29. The molecule has 0 fully saturated rings. The monoisotopic (exact) mass is 143 g/mol. The third-order valence-corrected chi connectivity index (χ3v) is 1.52. The summed E-state index contributed by atoms with van der Waals surface area (Å²) < 4.78 is 5.00. The lowest BCUT2D eigenvalue weighted by atomic mass is 10.1. The SMILES string of the molecule is COC1C=CC=C[C]1Cl. The van der Waals surface area contributed by atoms with E-state index in [4.69, 9.17) is 16.3 Å². The van der Waals surface area contributed by atoms with Gasteiger partial charge < -0.3 is 4.74 Å². The molecule has 1 atom stereocenters. The summed E-state index contributed by atoms with van der Waals surface area (Å²) in [6.07, 6.45) is 7.51. The molecule has 0 saturated heterocycles. The van der Waals surface area contributed by atoms with Gasteiger partial charge in [-0.25, -0.2) is 0 Å². The van der Waals surface area contributed by atoms with E-state index in [1.807, 2.05) is 24.3 Å². The molecule has 1 nitrogen and oxygen atoms in total. The zero-order valence-electron chi connectivity index (χ0n) is 5.17. The van der Waals surface area contributed by atoms with Gasteiger partial charge in [-0.15, -0.1) is 11.6 Å². The number of hydrogen-bond donors (Lipinski definition) is 0. The second kappa shape index (κ2) is 3.04. The summed E-state index contributed by atoms with van der Waals surface area (Å²) in [6, 6.07) is 0. The molecule has 1 aliphatic carbocycles. The molecule has 0 amide bonds. The molecule has 49 valence electrons. The van der Waals surface area contributed by atoms with Crippen molar-refractivity contribution in [3.05, 3.63) is 29.7 Å². The van der Waals surface area contributed by atoms with E-state index in [-0.39, 0.29) is 6.10 Å². The molecule has 9 heavy (non-hydrogen) atoms. The fourth-order valence-electron chi connectivity index (χ4n) is 0.690. The van der Waals surface area contributed by atoms with E-state index in [2.05, 4.69) is 0 Å². The third kappa shape index (κ3) is 1.57. The lowest BCUT2D eigenvalue weighted by Gasteiger charge is -2.14. The lowest BCUT2D eigenvalue weighted by Crippen LogP contribution is -2.13. The van der Waals surface area contributed by atoms with Crippen molar-refractivity contribution in [3.8, 4) is 0 Å². The summed E-state index contributed by atoms with van der Waals surface area (Å²) in [6.45, 7) is 0. The van der Waals surface area contributed by atoms with Crippen molar-refractivity contribution in [1.82, 2.24) is 0 Å². The predicted octanol–water partition coefficient (Wildman–Crippen LogP) is 1.90. The zero-order chi connectivity index (χ0) is 6.69. The summed E-state index contributed by atoms with van der Waals surface area (Å²) in [7, 11) is 1.64. The van der Waals surface area contributed by atoms with Gasteiger partial charge in [-0.05, 0) is 0 Å². The highest BCUT2D eigenvalue weighted by Gasteiger charge is 2.14. The van der Waals surface area contributed by atoms with Crippen LogP contribution in [0.3, 0.4) is 0 Å². The van der Waals surface area contributed by atoms with Gasteiger partial charge in [0.05, 0.1) is 0 Å². The Balaban J connectivity index is 2.55. The first-order valence-corrected chi connectivity index (χ1v) is 3.12. The van der Waals surface area contributed by atoms with Crippen molar-refractivity contribution in [1.29, 1.82) is 0 Å². The first-order chi connectivity index (χ1) is 4.34. The van der Waals surface area contributed by atoms with Crippen molar-refractivity contribution in [2.45, 2.75) is 6.10 Å². The van der Waals surface area contributed by atoms with Gasteiger partial charge >= 0.3 is 0 Å². The number of methoxy groups -OCH3 is 1. The predicted molar refractivity (Wildman–Crippen MR) is 38.2 cm³/mol. The van der Waals surface area contributed by atoms with E-state index in [1.165, 1.54) is 0 Å². The Kier molecular flexibility index (Phi) is 2.31. The molecule has 0 aromatic heterocycles. The molecule has 0 heterocycles. The van der Waals surface area contributed by atoms with Crippen LogP contribution in [0.2, 0.25) is 0 Å². The maximum atomic E-state index is 5.74. The van der Waals surface area contributed by atoms with Crippen LogP contribution in [0.1, 0.15) is 0 Å². The normalized spacial score (nSPS) is 27.1. The van der Waals surface area contributed by atoms with E-state index >= 15 is 0 Å². The minimum Gasteiger partial charge on any atom is -0.375 e. The smallest absolute Gasteiger partial charge is 0.118 e. The number of hydrogen-bond acceptors (Lipinski definition) is 1. The molecule has 1 aliphatic rings. The molecule has 0 aliphatic heterocycles. The van der Waals surface area contributed by atoms with Gasteiger partial charge in [-0.1, -0.05) is 24.3 Å². The van der Waals surface area contributed by atoms with E-state index in [9.17, 15) is 0 Å². The highest BCUT2D eigenvalue weighted by Crippen LogP contribution is 2.20. The van der Waals surface area contributed by atoms with Gasteiger partial charge in [0.15, 0.2) is 0 Å². The molecular formula is C7H8ClO. The van der Waals surface area contributed by atoms with Gasteiger partial charge in [0.25, 0.3) is 0 Å². The summed E-state index contributed by atoms with van der Waals surface area (Å²) in [5.41, 5.74) is 0. The topological polar surface area (TPSA) is 9.23 Å². The Hall–Kier alpha value is -0.270. The Morgan fingerprint density at radius 1 is 1.56 bits per heavy atom. The van der Waals surface area contributed by atoms with Crippen LogP contribution in [0, 0.1) is 5.38 Å². The van der Waals surface area contributed by atoms with E-state index < -0.39 is 0 Å². The summed E-state index contributed by atoms with van der Waals surface area (Å²) in [5, 5.41) is 0.736. The Morgan fingerprint density at radius 2 is 2.33 bits per heavy atom. The Bertz CT molecular complexity index is 140. The van der Waals surface area contributed by atoms with Crippen molar-refractivity contribution < 1.29 is 4.74 Å². The Labute approximate surface area is 60.0 Å². The summed E-state index contributed by atoms with van der Waals surface area (Å²) in [4.78, 5) is 0. The maximum absolute atomic E-state index is 5.74. The fraction of sp³-hybridized carbons (Fsp3) is 0.286. The molecule has 0 saturated carbocycles. The molecule has 0 spiro atoms. The van der Waals surface area contributed by atoms with E-state index in [1.54, 1.807) is 7.11 Å². The lowest BCUT2D eigenvalue weighted by molar-refractivity contribution is 0.163. The third-order valence-electron chi connectivity index (χ3n) is 1.18. The zero-order valence-corrected chi connectivity index (χ0v) is 5.93. The van der Waals surface area contributed by atoms with Crippen molar-refractivity contribution in [2.75, 3.05) is 7.11 Å². The molecule has 0 bridgehead atoms. The van der Waals surface area contributed by atoms with Gasteiger partial charge in [0, 0.05) is 7.11 Å². The second-order valence-corrected chi connectivity index (χ2v) is 2.22. The van der Waals surface area contributed by atoms with E-state index in [0.29, 0.717) is 0 Å². The van der Waals surface area contributed by atoms with Crippen LogP contribution in [0.25, 0.3) is 0 Å². The first kappa shape index (κ1) is 6.84. The van der Waals surface area contributed by atoms with Crippen LogP contribution >= 0.6 is 11.6 Å². The Morgan fingerprint density at radius 3 is 2.78 bits per heavy atom. The number of rotatable bonds is 1. The van der Waals surface area contributed by atoms with Gasteiger partial charge in [-0.3, -0.25) is 0 Å². The van der Waals surface area contributed by atoms with Crippen LogP contribution in [-0.2, 0) is 4.74 Å². The van der Waals surface area contributed by atoms with Crippen LogP contribution in [0.4, 0.5) is 0 Å². The quantitative estimate of drug-likeness (QED) is 0.545. The molecule has 1 unspecified atom stereocenters. The number of allylic oxidation sites excluding steroid dienone is 2. The van der Waals surface area contributed by atoms with Crippen LogP contribution in [0.5, 0.6) is 0 Å². The van der Waals surface area contributed by atoms with Crippen LogP contribution in [0.15, 0.2) is 24.3 Å². The average molecular weight is 144 g/mol. The van der Waals surface area contributed by atoms with Crippen molar-refractivity contribution >= 4 is 11.6 Å². The first-order valence-electron chi connectivity index (χ1n) is 2.74. The molecule has 0 N–H and O–H groups in total. The molecule has 2 heteroatoms. The minimum absolute atomic E-state index is 0.0309. The van der Waals surface area contributed by atoms with Gasteiger partial charge in [0.2, 0.25) is 0 Å². The second-order valence-electron chi connectivity index (χ2n) is 1.79. The maximum Gasteiger partial charge on any atom is 0.118 e. The van der Waals surface area contributed by atoms with E-state index in [0.717, 1.165) is 5.38 Å². The fourth-order valence-corrected chi connectivity index (χ4v) is 0.925. The number of ether oxygens (including phenoxy) is 1. The minimum atomic E-state index is -0.0309. The van der Waals surface area contributed by atoms with Crippen molar-refractivity contribution in [2.24, 2.45) is 0 Å². The molecule has 1 rings (SSSR count). The summed E-state index contributed by atoms with van der Waals surface area (Å²) in [5.74, 6) is 0. The van der Waals surface area contributed by atoms with Crippen molar-refractivity contribution in [3.63, 3.8) is 0 Å². The molecule has 0 aromatic carbocycles. The standard InChI is InChI=1S/C7H8ClO/c1-9-7-5-3-2-4-6(7)8/h2-5,7H,1H3. The van der Waals surface area contributed by atoms with Crippen LogP contribution in [-0.4, -0.2) is 13.2 Å². The van der Waals surface area contributed by atoms with Crippen LogP contribution < -0.4 is 0 Å².